The number of thioether (sulfide) groups is 1. The van der Waals surface area contributed by atoms with Gasteiger partial charge in [0.1, 0.15) is 11.5 Å². The van der Waals surface area contributed by atoms with Crippen molar-refractivity contribution >= 4 is 11.8 Å². The average molecular weight is 323 g/mol. The van der Waals surface area contributed by atoms with E-state index in [1.807, 2.05) is 25.2 Å². The number of rotatable bonds is 9. The molecular weight excluding hydrogens is 302 g/mol. The summed E-state index contributed by atoms with van der Waals surface area (Å²) in [6, 6.07) is 5.86. The van der Waals surface area contributed by atoms with Crippen molar-refractivity contribution < 1.29 is 9.47 Å². The number of nitrogens with one attached hydrogen (secondary N) is 1. The number of aryl methyl sites for hydroxylation is 1. The van der Waals surface area contributed by atoms with E-state index in [0.717, 1.165) is 47.5 Å². The number of methoxy groups -OCH3 is 2. The molecule has 0 aliphatic rings. The standard InChI is InChI=1S/C14H21N5O2S/c1-19-14(16-17-18-19)22-8-4-7-15-10-11-5-6-12(20-2)9-13(11)21-3/h5-6,9,15H,4,7-8,10H2,1-3H3. The van der Waals surface area contributed by atoms with E-state index in [-0.39, 0.29) is 0 Å². The van der Waals surface area contributed by atoms with E-state index in [2.05, 4.69) is 20.8 Å². The fourth-order valence-electron chi connectivity index (χ4n) is 1.93. The van der Waals surface area contributed by atoms with Crippen LogP contribution in [0.4, 0.5) is 0 Å². The molecular formula is C14H21N5O2S. The molecule has 1 N–H and O–H groups in total. The highest BCUT2D eigenvalue weighted by Gasteiger charge is 2.05. The molecule has 8 heteroatoms. The fourth-order valence-corrected chi connectivity index (χ4v) is 2.71. The zero-order chi connectivity index (χ0) is 15.8. The second kappa shape index (κ2) is 8.60. The van der Waals surface area contributed by atoms with Crippen LogP contribution in [-0.4, -0.2) is 46.7 Å². The van der Waals surface area contributed by atoms with Gasteiger partial charge in [-0.3, -0.25) is 0 Å². The number of hydrogen-bond donors (Lipinski definition) is 1. The molecule has 0 amide bonds. The second-order valence-electron chi connectivity index (χ2n) is 4.64. The zero-order valence-electron chi connectivity index (χ0n) is 13.1. The van der Waals surface area contributed by atoms with Gasteiger partial charge < -0.3 is 14.8 Å². The number of hydrogen-bond acceptors (Lipinski definition) is 7. The third-order valence-corrected chi connectivity index (χ3v) is 4.22. The van der Waals surface area contributed by atoms with Crippen LogP contribution in [0.15, 0.2) is 23.4 Å². The largest absolute Gasteiger partial charge is 0.497 e. The lowest BCUT2D eigenvalue weighted by atomic mass is 10.2. The van der Waals surface area contributed by atoms with Gasteiger partial charge in [-0.2, -0.15) is 0 Å². The first-order chi connectivity index (χ1) is 10.7. The van der Waals surface area contributed by atoms with E-state index in [1.54, 1.807) is 30.7 Å². The topological polar surface area (TPSA) is 74.1 Å². The Balaban J connectivity index is 1.69. The molecule has 2 aromatic rings. The SMILES string of the molecule is COc1ccc(CNCCCSc2nnnn2C)c(OC)c1. The predicted molar refractivity (Wildman–Crippen MR) is 85.4 cm³/mol. The Morgan fingerprint density at radius 3 is 2.82 bits per heavy atom. The maximum Gasteiger partial charge on any atom is 0.209 e. The van der Waals surface area contributed by atoms with Gasteiger partial charge in [-0.1, -0.05) is 17.8 Å². The summed E-state index contributed by atoms with van der Waals surface area (Å²) in [4.78, 5) is 0. The van der Waals surface area contributed by atoms with Gasteiger partial charge in [-0.05, 0) is 29.5 Å². The summed E-state index contributed by atoms with van der Waals surface area (Å²) in [5, 5.41) is 15.6. The zero-order valence-corrected chi connectivity index (χ0v) is 13.9. The molecule has 0 aliphatic heterocycles. The molecule has 1 aromatic carbocycles. The average Bonchev–Trinajstić information content (AvgIpc) is 2.96. The Bertz CT molecular complexity index is 590. The van der Waals surface area contributed by atoms with Gasteiger partial charge in [0.25, 0.3) is 0 Å². The van der Waals surface area contributed by atoms with Crippen LogP contribution >= 0.6 is 11.8 Å². The minimum absolute atomic E-state index is 0.767. The highest BCUT2D eigenvalue weighted by Crippen LogP contribution is 2.24. The van der Waals surface area contributed by atoms with Crippen molar-refractivity contribution in [2.75, 3.05) is 26.5 Å². The molecule has 1 aromatic heterocycles. The van der Waals surface area contributed by atoms with Crippen molar-refractivity contribution in [3.8, 4) is 11.5 Å². The van der Waals surface area contributed by atoms with Crippen LogP contribution < -0.4 is 14.8 Å². The number of tetrazole rings is 1. The van der Waals surface area contributed by atoms with Crippen molar-refractivity contribution in [1.82, 2.24) is 25.5 Å². The second-order valence-corrected chi connectivity index (χ2v) is 5.70. The fraction of sp³-hybridized carbons (Fsp3) is 0.500. The maximum atomic E-state index is 5.38. The molecule has 0 radical (unpaired) electrons. The van der Waals surface area contributed by atoms with Crippen molar-refractivity contribution in [3.05, 3.63) is 23.8 Å². The van der Waals surface area contributed by atoms with Crippen molar-refractivity contribution in [2.24, 2.45) is 7.05 Å². The van der Waals surface area contributed by atoms with Gasteiger partial charge >= 0.3 is 0 Å². The molecule has 0 saturated carbocycles. The van der Waals surface area contributed by atoms with E-state index in [0.29, 0.717) is 0 Å². The molecule has 0 unspecified atom stereocenters. The molecule has 7 nitrogen and oxygen atoms in total. The molecule has 22 heavy (non-hydrogen) atoms. The first-order valence-electron chi connectivity index (χ1n) is 7.01. The monoisotopic (exact) mass is 323 g/mol. The summed E-state index contributed by atoms with van der Waals surface area (Å²) >= 11 is 1.66. The molecule has 0 bridgehead atoms. The molecule has 0 fully saturated rings. The van der Waals surface area contributed by atoms with Crippen LogP contribution in [-0.2, 0) is 13.6 Å². The lowest BCUT2D eigenvalue weighted by molar-refractivity contribution is 0.390. The summed E-state index contributed by atoms with van der Waals surface area (Å²) in [6.07, 6.45) is 1.04. The van der Waals surface area contributed by atoms with Gasteiger partial charge in [-0.15, -0.1) is 5.10 Å². The third-order valence-electron chi connectivity index (χ3n) is 3.12. The van der Waals surface area contributed by atoms with E-state index < -0.39 is 0 Å². The molecule has 120 valence electrons. The van der Waals surface area contributed by atoms with E-state index >= 15 is 0 Å². The highest BCUT2D eigenvalue weighted by atomic mass is 32.2. The van der Waals surface area contributed by atoms with Gasteiger partial charge in [0.05, 0.1) is 14.2 Å². The number of nitrogens with zero attached hydrogens (tertiary/aromatic N) is 4. The van der Waals surface area contributed by atoms with Crippen LogP contribution in [0, 0.1) is 0 Å². The van der Waals surface area contributed by atoms with Crippen LogP contribution in [0.2, 0.25) is 0 Å². The molecule has 2 rings (SSSR count). The van der Waals surface area contributed by atoms with Crippen LogP contribution in [0.25, 0.3) is 0 Å². The first kappa shape index (κ1) is 16.6. The molecule has 0 saturated heterocycles. The summed E-state index contributed by atoms with van der Waals surface area (Å²) in [5.41, 5.74) is 1.12. The molecule has 0 atom stereocenters. The summed E-state index contributed by atoms with van der Waals surface area (Å²) in [6.45, 7) is 1.69. The van der Waals surface area contributed by atoms with Gasteiger partial charge in [0.15, 0.2) is 0 Å². The lowest BCUT2D eigenvalue weighted by Crippen LogP contribution is -2.16. The smallest absolute Gasteiger partial charge is 0.209 e. The number of benzene rings is 1. The minimum atomic E-state index is 0.767. The van der Waals surface area contributed by atoms with E-state index in [1.165, 1.54) is 0 Å². The predicted octanol–water partition coefficient (Wildman–Crippen LogP) is 1.50. The Morgan fingerprint density at radius 2 is 2.14 bits per heavy atom. The van der Waals surface area contributed by atoms with E-state index in [4.69, 9.17) is 9.47 Å². The number of aromatic nitrogens is 4. The Kier molecular flexibility index (Phi) is 6.47. The Morgan fingerprint density at radius 1 is 1.27 bits per heavy atom. The molecule has 0 spiro atoms. The third kappa shape index (κ3) is 4.60. The highest BCUT2D eigenvalue weighted by molar-refractivity contribution is 7.99. The van der Waals surface area contributed by atoms with Crippen LogP contribution in [0.1, 0.15) is 12.0 Å². The summed E-state index contributed by atoms with van der Waals surface area (Å²) < 4.78 is 12.3. The van der Waals surface area contributed by atoms with Crippen molar-refractivity contribution in [1.29, 1.82) is 0 Å². The van der Waals surface area contributed by atoms with Crippen LogP contribution in [0.3, 0.4) is 0 Å². The van der Waals surface area contributed by atoms with Crippen LogP contribution in [0.5, 0.6) is 11.5 Å². The summed E-state index contributed by atoms with van der Waals surface area (Å²) in [5.74, 6) is 2.61. The Labute approximate surface area is 134 Å². The molecule has 1 heterocycles. The van der Waals surface area contributed by atoms with Crippen molar-refractivity contribution in [2.45, 2.75) is 18.1 Å². The van der Waals surface area contributed by atoms with Crippen molar-refractivity contribution in [3.63, 3.8) is 0 Å². The Hall–Kier alpha value is -1.80. The molecule has 0 aliphatic carbocycles. The lowest BCUT2D eigenvalue weighted by Gasteiger charge is -2.11. The van der Waals surface area contributed by atoms with E-state index in [9.17, 15) is 0 Å². The summed E-state index contributed by atoms with van der Waals surface area (Å²) in [7, 11) is 5.16. The first-order valence-corrected chi connectivity index (χ1v) is 8.00. The normalized spacial score (nSPS) is 10.7. The van der Waals surface area contributed by atoms with Gasteiger partial charge in [0.2, 0.25) is 5.16 Å². The quantitative estimate of drug-likeness (QED) is 0.553. The van der Waals surface area contributed by atoms with Gasteiger partial charge in [0, 0.05) is 31.0 Å². The van der Waals surface area contributed by atoms with Gasteiger partial charge in [-0.25, -0.2) is 4.68 Å². The maximum absolute atomic E-state index is 5.38. The number of ether oxygens (including phenoxy) is 2. The minimum Gasteiger partial charge on any atom is -0.497 e.